The van der Waals surface area contributed by atoms with Crippen LogP contribution in [0.3, 0.4) is 0 Å². The molecule has 0 aliphatic carbocycles. The molecule has 220 valence electrons. The lowest BCUT2D eigenvalue weighted by molar-refractivity contribution is -0.154. The Labute approximate surface area is 240 Å². The van der Waals surface area contributed by atoms with Gasteiger partial charge in [-0.15, -0.1) is 5.10 Å². The number of aliphatic hydroxyl groups is 1. The number of rotatable bonds is 13. The Kier molecular flexibility index (Phi) is 11.2. The smallest absolute Gasteiger partial charge is 0.336 e. The second-order valence-corrected chi connectivity index (χ2v) is 9.71. The highest BCUT2D eigenvalue weighted by atomic mass is 35.5. The minimum absolute atomic E-state index is 0.0142. The molecule has 0 saturated carbocycles. The molecule has 0 spiro atoms. The van der Waals surface area contributed by atoms with Crippen LogP contribution in [-0.2, 0) is 32.3 Å². The van der Waals surface area contributed by atoms with E-state index in [1.165, 1.54) is 23.2 Å². The molecule has 0 unspecified atom stereocenters. The third-order valence-corrected chi connectivity index (χ3v) is 6.07. The predicted octanol–water partition coefficient (Wildman–Crippen LogP) is 1.69. The Hall–Kier alpha value is -3.98. The number of esters is 2. The van der Waals surface area contributed by atoms with Crippen molar-refractivity contribution in [1.29, 1.82) is 0 Å². The van der Waals surface area contributed by atoms with E-state index in [0.29, 0.717) is 21.7 Å². The van der Waals surface area contributed by atoms with E-state index in [4.69, 9.17) is 26.8 Å². The van der Waals surface area contributed by atoms with Crippen LogP contribution in [0.4, 0.5) is 4.39 Å². The number of tetrazole rings is 1. The molecule has 2 aromatic carbocycles. The normalized spacial score (nSPS) is 12.7. The first-order chi connectivity index (χ1) is 19.5. The van der Waals surface area contributed by atoms with Crippen molar-refractivity contribution >= 4 is 29.4 Å². The number of hydrogen-bond acceptors (Lipinski definition) is 11. The first kappa shape index (κ1) is 31.5. The molecule has 0 aliphatic heterocycles. The average Bonchev–Trinajstić information content (AvgIpc) is 3.42. The highest BCUT2D eigenvalue weighted by Gasteiger charge is 2.25. The van der Waals surface area contributed by atoms with Crippen molar-refractivity contribution < 1.29 is 33.4 Å². The molecule has 3 rings (SSSR count). The summed E-state index contributed by atoms with van der Waals surface area (Å²) in [6.07, 6.45) is -1.59. The highest BCUT2D eigenvalue weighted by Crippen LogP contribution is 2.26. The van der Waals surface area contributed by atoms with Gasteiger partial charge in [-0.05, 0) is 52.6 Å². The number of ether oxygens (including phenoxy) is 2. The molecule has 1 heterocycles. The topological polar surface area (TPSA) is 175 Å². The highest BCUT2D eigenvalue weighted by molar-refractivity contribution is 6.30. The molecule has 1 amide bonds. The Morgan fingerprint density at radius 3 is 2.51 bits per heavy atom. The summed E-state index contributed by atoms with van der Waals surface area (Å²) in [5.41, 5.74) is 9.85. The number of aliphatic hydroxyl groups excluding tert-OH is 1. The monoisotopic (exact) mass is 591 g/mol. The Balaban J connectivity index is 1.76. The van der Waals surface area contributed by atoms with Crippen molar-refractivity contribution in [3.63, 3.8) is 0 Å². The van der Waals surface area contributed by atoms with Crippen molar-refractivity contribution in [2.75, 3.05) is 13.2 Å². The lowest BCUT2D eigenvalue weighted by Gasteiger charge is -2.25. The van der Waals surface area contributed by atoms with Crippen LogP contribution in [0.25, 0.3) is 11.1 Å². The molecule has 0 fully saturated rings. The molecule has 1 aromatic heterocycles. The van der Waals surface area contributed by atoms with Gasteiger partial charge in [-0.25, -0.2) is 14.2 Å². The maximum absolute atomic E-state index is 14.3. The summed E-state index contributed by atoms with van der Waals surface area (Å²) in [7, 11) is 0. The fraction of sp³-hybridized carbons (Fsp3) is 0.385. The third-order valence-electron chi connectivity index (χ3n) is 5.83. The van der Waals surface area contributed by atoms with Gasteiger partial charge in [0.05, 0.1) is 13.2 Å². The molecular weight excluding hydrogens is 561 g/mol. The van der Waals surface area contributed by atoms with E-state index in [1.54, 1.807) is 45.0 Å². The Morgan fingerprint density at radius 2 is 1.85 bits per heavy atom. The number of amides is 1. The molecule has 0 aliphatic rings. The van der Waals surface area contributed by atoms with Crippen molar-refractivity contribution in [3.05, 3.63) is 64.7 Å². The quantitative estimate of drug-likeness (QED) is 0.195. The zero-order valence-electron chi connectivity index (χ0n) is 22.7. The number of hydrazine groups is 1. The minimum Gasteiger partial charge on any atom is -0.464 e. The summed E-state index contributed by atoms with van der Waals surface area (Å²) in [5.74, 6) is -3.30. The lowest BCUT2D eigenvalue weighted by atomic mass is 10.0. The van der Waals surface area contributed by atoms with Gasteiger partial charge >= 0.3 is 17.8 Å². The van der Waals surface area contributed by atoms with Crippen LogP contribution < -0.4 is 11.2 Å². The number of nitrogens with one attached hydrogen (secondary N) is 1. The molecule has 13 nitrogen and oxygen atoms in total. The molecule has 0 radical (unpaired) electrons. The van der Waals surface area contributed by atoms with Gasteiger partial charge in [0.25, 0.3) is 0 Å². The number of aromatic nitrogens is 4. The minimum atomic E-state index is -1.59. The number of nitrogens with zero attached hydrogens (tertiary/aromatic N) is 5. The van der Waals surface area contributed by atoms with E-state index in [1.807, 2.05) is 0 Å². The Morgan fingerprint density at radius 1 is 1.15 bits per heavy atom. The molecule has 0 saturated heterocycles. The van der Waals surface area contributed by atoms with Crippen molar-refractivity contribution in [3.8, 4) is 11.1 Å². The van der Waals surface area contributed by atoms with Gasteiger partial charge in [0.2, 0.25) is 5.82 Å². The summed E-state index contributed by atoms with van der Waals surface area (Å²) < 4.78 is 25.2. The summed E-state index contributed by atoms with van der Waals surface area (Å²) in [6.45, 7) is 4.35. The largest absolute Gasteiger partial charge is 0.464 e. The fourth-order valence-corrected chi connectivity index (χ4v) is 3.71. The maximum Gasteiger partial charge on any atom is 0.336 e. The lowest BCUT2D eigenvalue weighted by Crippen LogP contribution is -2.48. The molecular formula is C26H31ClFN7O6. The number of nitrogens with two attached hydrogens (primary N) is 1. The first-order valence-corrected chi connectivity index (χ1v) is 13.0. The van der Waals surface area contributed by atoms with Crippen LogP contribution in [-0.4, -0.2) is 73.5 Å². The molecule has 3 aromatic rings. The van der Waals surface area contributed by atoms with Crippen molar-refractivity contribution in [2.24, 2.45) is 11.7 Å². The number of halogens is 2. The van der Waals surface area contributed by atoms with E-state index >= 15 is 0 Å². The maximum atomic E-state index is 14.3. The van der Waals surface area contributed by atoms with Crippen LogP contribution in [0.2, 0.25) is 5.02 Å². The van der Waals surface area contributed by atoms with Crippen LogP contribution in [0.15, 0.2) is 42.5 Å². The van der Waals surface area contributed by atoms with Gasteiger partial charge in [-0.1, -0.05) is 49.7 Å². The molecule has 0 bridgehead atoms. The van der Waals surface area contributed by atoms with Crippen molar-refractivity contribution in [2.45, 2.75) is 46.2 Å². The van der Waals surface area contributed by atoms with Crippen LogP contribution in [0.5, 0.6) is 0 Å². The SMILES string of the molecule is CCOC(=O)[C@H](O)CN(Cc1ccc(-c2cc(Cl)ccc2F)cc1)NC(=O)c1nnnn1COC(=O)[C@@H](N)C(C)C. The van der Waals surface area contributed by atoms with E-state index in [0.717, 1.165) is 4.68 Å². The van der Waals surface area contributed by atoms with Crippen LogP contribution in [0.1, 0.15) is 37.0 Å². The van der Waals surface area contributed by atoms with E-state index in [2.05, 4.69) is 21.0 Å². The van der Waals surface area contributed by atoms with E-state index in [9.17, 15) is 23.9 Å². The van der Waals surface area contributed by atoms with Gasteiger partial charge in [0.15, 0.2) is 12.8 Å². The zero-order valence-corrected chi connectivity index (χ0v) is 23.4. The summed E-state index contributed by atoms with van der Waals surface area (Å²) in [6, 6.07) is 10.1. The first-order valence-electron chi connectivity index (χ1n) is 12.6. The summed E-state index contributed by atoms with van der Waals surface area (Å²) in [4.78, 5) is 37.2. The summed E-state index contributed by atoms with van der Waals surface area (Å²) in [5, 5.41) is 22.8. The van der Waals surface area contributed by atoms with Gasteiger partial charge in [0.1, 0.15) is 11.9 Å². The second kappa shape index (κ2) is 14.6. The van der Waals surface area contributed by atoms with Gasteiger partial charge in [-0.2, -0.15) is 4.68 Å². The van der Waals surface area contributed by atoms with Gasteiger partial charge in [0, 0.05) is 17.1 Å². The predicted molar refractivity (Wildman–Crippen MR) is 144 cm³/mol. The zero-order chi connectivity index (χ0) is 30.1. The number of benzene rings is 2. The molecule has 4 N–H and O–H groups in total. The number of carbonyl (C=O) groups excluding carboxylic acids is 3. The third kappa shape index (κ3) is 8.75. The number of hydrogen-bond donors (Lipinski definition) is 3. The average molecular weight is 592 g/mol. The van der Waals surface area contributed by atoms with Gasteiger partial charge in [-0.3, -0.25) is 15.0 Å². The number of carbonyl (C=O) groups is 3. The van der Waals surface area contributed by atoms with Gasteiger partial charge < -0.3 is 20.3 Å². The molecule has 41 heavy (non-hydrogen) atoms. The summed E-state index contributed by atoms with van der Waals surface area (Å²) >= 11 is 6.01. The Bertz CT molecular complexity index is 1350. The van der Waals surface area contributed by atoms with E-state index in [-0.39, 0.29) is 31.4 Å². The van der Waals surface area contributed by atoms with E-state index < -0.39 is 42.5 Å². The van der Waals surface area contributed by atoms with Crippen molar-refractivity contribution in [1.82, 2.24) is 30.6 Å². The molecule has 2 atom stereocenters. The van der Waals surface area contributed by atoms with Crippen LogP contribution >= 0.6 is 11.6 Å². The molecule has 15 heteroatoms. The second-order valence-electron chi connectivity index (χ2n) is 9.27. The standard InChI is InChI=1S/C26H31ClFN7O6/c1-4-40-25(38)21(36)13-34(12-16-5-7-17(8-6-16)19-11-18(27)9-10-20(19)28)31-24(37)23-30-32-33-35(23)14-41-26(39)22(29)15(2)3/h5-11,15,21-22,36H,4,12-14,29H2,1-3H3,(H,31,37)/t21-,22+/m1/s1. The fourth-order valence-electron chi connectivity index (χ4n) is 3.54. The van der Waals surface area contributed by atoms with Crippen LogP contribution in [0, 0.1) is 11.7 Å².